The van der Waals surface area contributed by atoms with Crippen LogP contribution in [-0.4, -0.2) is 13.1 Å². The van der Waals surface area contributed by atoms with E-state index in [1.54, 1.807) is 0 Å². The van der Waals surface area contributed by atoms with E-state index in [9.17, 15) is 0 Å². The highest BCUT2D eigenvalue weighted by atomic mass is 14.9. The van der Waals surface area contributed by atoms with Crippen molar-refractivity contribution >= 4 is 0 Å². The molecule has 0 heterocycles. The second-order valence-corrected chi connectivity index (χ2v) is 5.02. The molecule has 0 saturated heterocycles. The standard InChI is InChI=1S/C14H25N/c1-4-5-6-10-14(15-3)13-9-7-8-12(2)11-13/h1,12-15H,5-11H2,2-3H3. The molecular formula is C14H25N. The molecule has 0 spiro atoms. The average Bonchev–Trinajstić information content (AvgIpc) is 2.24. The van der Waals surface area contributed by atoms with Crippen LogP contribution in [0.5, 0.6) is 0 Å². The van der Waals surface area contributed by atoms with Gasteiger partial charge in [-0.25, -0.2) is 0 Å². The lowest BCUT2D eigenvalue weighted by Crippen LogP contribution is -2.36. The topological polar surface area (TPSA) is 12.0 Å². The van der Waals surface area contributed by atoms with Gasteiger partial charge in [0.1, 0.15) is 0 Å². The Hall–Kier alpha value is -0.480. The molecule has 1 nitrogen and oxygen atoms in total. The highest BCUT2D eigenvalue weighted by Crippen LogP contribution is 2.32. The predicted octanol–water partition coefficient (Wildman–Crippen LogP) is 3.20. The molecule has 15 heavy (non-hydrogen) atoms. The van der Waals surface area contributed by atoms with Crippen molar-refractivity contribution in [3.63, 3.8) is 0 Å². The average molecular weight is 207 g/mol. The van der Waals surface area contributed by atoms with Crippen LogP contribution in [0.25, 0.3) is 0 Å². The van der Waals surface area contributed by atoms with E-state index >= 15 is 0 Å². The van der Waals surface area contributed by atoms with Crippen LogP contribution in [0.3, 0.4) is 0 Å². The Morgan fingerprint density at radius 3 is 2.87 bits per heavy atom. The molecule has 0 aromatic heterocycles. The first-order valence-electron chi connectivity index (χ1n) is 6.38. The summed E-state index contributed by atoms with van der Waals surface area (Å²) < 4.78 is 0. The molecular weight excluding hydrogens is 182 g/mol. The highest BCUT2D eigenvalue weighted by molar-refractivity contribution is 4.86. The lowest BCUT2D eigenvalue weighted by Gasteiger charge is -2.33. The van der Waals surface area contributed by atoms with E-state index in [2.05, 4.69) is 25.2 Å². The molecule has 3 atom stereocenters. The van der Waals surface area contributed by atoms with Crippen molar-refractivity contribution in [2.45, 2.75) is 57.9 Å². The van der Waals surface area contributed by atoms with Crippen LogP contribution in [0.4, 0.5) is 0 Å². The first-order valence-corrected chi connectivity index (χ1v) is 6.38. The minimum absolute atomic E-state index is 0.695. The molecule has 0 radical (unpaired) electrons. The maximum Gasteiger partial charge on any atom is 0.00927 e. The van der Waals surface area contributed by atoms with E-state index in [1.165, 1.54) is 38.5 Å². The summed E-state index contributed by atoms with van der Waals surface area (Å²) in [4.78, 5) is 0. The van der Waals surface area contributed by atoms with Crippen LogP contribution in [-0.2, 0) is 0 Å². The zero-order valence-corrected chi connectivity index (χ0v) is 10.3. The molecule has 1 N–H and O–H groups in total. The van der Waals surface area contributed by atoms with E-state index in [-0.39, 0.29) is 0 Å². The van der Waals surface area contributed by atoms with Gasteiger partial charge < -0.3 is 5.32 Å². The summed E-state index contributed by atoms with van der Waals surface area (Å²) in [6.07, 6.45) is 14.3. The molecule has 1 heteroatoms. The smallest absolute Gasteiger partial charge is 0.00927 e. The zero-order chi connectivity index (χ0) is 11.1. The Balaban J connectivity index is 2.33. The fraction of sp³-hybridized carbons (Fsp3) is 0.857. The second kappa shape index (κ2) is 6.90. The minimum Gasteiger partial charge on any atom is -0.317 e. The Morgan fingerprint density at radius 1 is 1.47 bits per heavy atom. The van der Waals surface area contributed by atoms with Crippen molar-refractivity contribution in [3.05, 3.63) is 0 Å². The number of hydrogen-bond donors (Lipinski definition) is 1. The van der Waals surface area contributed by atoms with E-state index in [0.717, 1.165) is 18.3 Å². The quantitative estimate of drug-likeness (QED) is 0.539. The van der Waals surface area contributed by atoms with E-state index in [4.69, 9.17) is 6.42 Å². The third-order valence-electron chi connectivity index (χ3n) is 3.75. The largest absolute Gasteiger partial charge is 0.317 e. The number of nitrogens with one attached hydrogen (secondary N) is 1. The van der Waals surface area contributed by atoms with Gasteiger partial charge in [-0.05, 0) is 44.6 Å². The molecule has 86 valence electrons. The molecule has 1 saturated carbocycles. The lowest BCUT2D eigenvalue weighted by molar-refractivity contribution is 0.219. The monoisotopic (exact) mass is 207 g/mol. The number of hydrogen-bond acceptors (Lipinski definition) is 1. The molecule has 1 aliphatic rings. The SMILES string of the molecule is C#CCCCC(NC)C1CCCC(C)C1. The van der Waals surface area contributed by atoms with Gasteiger partial charge in [-0.15, -0.1) is 12.3 Å². The molecule has 1 rings (SSSR count). The van der Waals surface area contributed by atoms with Crippen LogP contribution in [0, 0.1) is 24.2 Å². The van der Waals surface area contributed by atoms with E-state index in [0.29, 0.717) is 6.04 Å². The van der Waals surface area contributed by atoms with Gasteiger partial charge in [0.15, 0.2) is 0 Å². The summed E-state index contributed by atoms with van der Waals surface area (Å²) in [6.45, 7) is 2.39. The summed E-state index contributed by atoms with van der Waals surface area (Å²) in [7, 11) is 2.10. The predicted molar refractivity (Wildman–Crippen MR) is 66.7 cm³/mol. The van der Waals surface area contributed by atoms with Gasteiger partial charge >= 0.3 is 0 Å². The maximum absolute atomic E-state index is 5.29. The van der Waals surface area contributed by atoms with Crippen molar-refractivity contribution in [1.29, 1.82) is 0 Å². The fourth-order valence-electron chi connectivity index (χ4n) is 2.89. The summed E-state index contributed by atoms with van der Waals surface area (Å²) in [5.74, 6) is 4.54. The van der Waals surface area contributed by atoms with E-state index in [1.807, 2.05) is 0 Å². The molecule has 0 amide bonds. The van der Waals surface area contributed by atoms with Crippen LogP contribution < -0.4 is 5.32 Å². The normalized spacial score (nSPS) is 28.3. The third kappa shape index (κ3) is 4.26. The van der Waals surface area contributed by atoms with E-state index < -0.39 is 0 Å². The van der Waals surface area contributed by atoms with Gasteiger partial charge in [0.2, 0.25) is 0 Å². The van der Waals surface area contributed by atoms with Crippen molar-refractivity contribution in [2.24, 2.45) is 11.8 Å². The molecule has 1 aliphatic carbocycles. The Bertz CT molecular complexity index is 204. The zero-order valence-electron chi connectivity index (χ0n) is 10.3. The summed E-state index contributed by atoms with van der Waals surface area (Å²) >= 11 is 0. The van der Waals surface area contributed by atoms with Crippen molar-refractivity contribution in [3.8, 4) is 12.3 Å². The first kappa shape index (κ1) is 12.6. The van der Waals surface area contributed by atoms with Crippen molar-refractivity contribution < 1.29 is 0 Å². The Labute approximate surface area is 95.0 Å². The molecule has 0 bridgehead atoms. The van der Waals surface area contributed by atoms with Crippen molar-refractivity contribution in [2.75, 3.05) is 7.05 Å². The molecule has 0 aromatic carbocycles. The van der Waals surface area contributed by atoms with Crippen LogP contribution in [0.1, 0.15) is 51.9 Å². The number of unbranched alkanes of at least 4 members (excludes halogenated alkanes) is 1. The van der Waals surface area contributed by atoms with Gasteiger partial charge in [0, 0.05) is 12.5 Å². The highest BCUT2D eigenvalue weighted by Gasteiger charge is 2.24. The molecule has 3 unspecified atom stereocenters. The van der Waals surface area contributed by atoms with Crippen LogP contribution >= 0.6 is 0 Å². The third-order valence-corrected chi connectivity index (χ3v) is 3.75. The molecule has 0 aromatic rings. The number of rotatable bonds is 5. The van der Waals surface area contributed by atoms with Gasteiger partial charge in [0.05, 0.1) is 0 Å². The van der Waals surface area contributed by atoms with Gasteiger partial charge in [-0.1, -0.05) is 19.8 Å². The lowest BCUT2D eigenvalue weighted by atomic mass is 9.77. The van der Waals surface area contributed by atoms with Crippen LogP contribution in [0.2, 0.25) is 0 Å². The van der Waals surface area contributed by atoms with Crippen LogP contribution in [0.15, 0.2) is 0 Å². The summed E-state index contributed by atoms with van der Waals surface area (Å²) in [5.41, 5.74) is 0. The number of terminal acetylenes is 1. The fourth-order valence-corrected chi connectivity index (χ4v) is 2.89. The maximum atomic E-state index is 5.29. The Kier molecular flexibility index (Phi) is 5.79. The summed E-state index contributed by atoms with van der Waals surface area (Å²) in [6, 6.07) is 0.695. The Morgan fingerprint density at radius 2 is 2.27 bits per heavy atom. The summed E-state index contributed by atoms with van der Waals surface area (Å²) in [5, 5.41) is 3.48. The molecule has 1 fully saturated rings. The van der Waals surface area contributed by atoms with Gasteiger partial charge in [-0.3, -0.25) is 0 Å². The second-order valence-electron chi connectivity index (χ2n) is 5.02. The molecule has 0 aliphatic heterocycles. The van der Waals surface area contributed by atoms with Gasteiger partial charge in [0.25, 0.3) is 0 Å². The minimum atomic E-state index is 0.695. The van der Waals surface area contributed by atoms with Crippen molar-refractivity contribution in [1.82, 2.24) is 5.32 Å². The first-order chi connectivity index (χ1) is 7.27. The van der Waals surface area contributed by atoms with Gasteiger partial charge in [-0.2, -0.15) is 0 Å².